The van der Waals surface area contributed by atoms with Gasteiger partial charge in [0.25, 0.3) is 0 Å². The van der Waals surface area contributed by atoms with Gasteiger partial charge in [0.2, 0.25) is 0 Å². The van der Waals surface area contributed by atoms with Gasteiger partial charge in [0.1, 0.15) is 0 Å². The lowest BCUT2D eigenvalue weighted by Gasteiger charge is -2.19. The summed E-state index contributed by atoms with van der Waals surface area (Å²) in [4.78, 5) is 19.3. The van der Waals surface area contributed by atoms with Crippen LogP contribution in [0.2, 0.25) is 0 Å². The molecule has 1 saturated heterocycles. The number of nitrogens with one attached hydrogen (secondary N) is 2. The third-order valence-electron chi connectivity index (χ3n) is 3.60. The molecule has 1 fully saturated rings. The number of hydrogen-bond acceptors (Lipinski definition) is 4. The van der Waals surface area contributed by atoms with Crippen LogP contribution in [0, 0.1) is 0 Å². The van der Waals surface area contributed by atoms with Gasteiger partial charge in [-0.15, -0.1) is 0 Å². The van der Waals surface area contributed by atoms with E-state index in [1.54, 1.807) is 20.2 Å². The maximum atomic E-state index is 11.7. The molecule has 2 N–H and O–H groups in total. The molecule has 0 radical (unpaired) electrons. The highest BCUT2D eigenvalue weighted by Crippen LogP contribution is 2.36. The summed E-state index contributed by atoms with van der Waals surface area (Å²) in [5.41, 5.74) is 0.749. The minimum Gasteiger partial charge on any atom is -0.352 e. The van der Waals surface area contributed by atoms with Gasteiger partial charge in [0.05, 0.1) is 10.6 Å². The van der Waals surface area contributed by atoms with E-state index in [1.165, 1.54) is 4.90 Å². The number of amides is 2. The molecule has 0 aromatic carbocycles. The lowest BCUT2D eigenvalue weighted by molar-refractivity contribution is 0.214. The van der Waals surface area contributed by atoms with E-state index in [4.69, 9.17) is 11.6 Å². The number of rotatable bonds is 4. The molecule has 8 heteroatoms. The van der Waals surface area contributed by atoms with Crippen LogP contribution in [0.15, 0.2) is 11.1 Å². The Kier molecular flexibility index (Phi) is 5.07. The number of carbonyl (C=O) groups is 1. The molecule has 0 aliphatic carbocycles. The molecular weight excluding hydrogens is 304 g/mol. The fourth-order valence-corrected chi connectivity index (χ4v) is 2.58. The quantitative estimate of drug-likeness (QED) is 0.833. The number of carbonyl (C=O) groups excluding carboxylic acids is 1. The first-order chi connectivity index (χ1) is 10.5. The summed E-state index contributed by atoms with van der Waals surface area (Å²) in [5, 5.41) is 10.7. The van der Waals surface area contributed by atoms with E-state index in [2.05, 4.69) is 32.1 Å². The SMILES string of the molecule is C=Nc1[nH]nc(N2CC[C@@H](NC(=O)N(C)C)C2)c1/C(Cl)=C\C. The summed E-state index contributed by atoms with van der Waals surface area (Å²) >= 11 is 6.27. The van der Waals surface area contributed by atoms with Crippen molar-refractivity contribution < 1.29 is 4.79 Å². The topological polar surface area (TPSA) is 76.6 Å². The molecule has 1 aliphatic rings. The normalized spacial score (nSPS) is 18.5. The molecule has 0 saturated carbocycles. The van der Waals surface area contributed by atoms with Gasteiger partial charge in [-0.1, -0.05) is 17.7 Å². The average molecular weight is 325 g/mol. The second-order valence-corrected chi connectivity index (χ2v) is 5.75. The van der Waals surface area contributed by atoms with Crippen LogP contribution in [0.3, 0.4) is 0 Å². The van der Waals surface area contributed by atoms with E-state index >= 15 is 0 Å². The van der Waals surface area contributed by atoms with Crippen molar-refractivity contribution in [2.24, 2.45) is 4.99 Å². The molecule has 1 aromatic rings. The standard InChI is InChI=1S/C14H21ClN6O/c1-5-10(15)11-12(16-2)18-19-13(11)21-7-6-9(8-21)17-14(22)20(3)4/h5,9H,2,6-8H2,1,3-4H3,(H,17,22)(H,18,19)/b10-5+/t9-/m1/s1. The molecule has 1 aliphatic heterocycles. The van der Waals surface area contributed by atoms with E-state index in [1.807, 2.05) is 6.92 Å². The Morgan fingerprint density at radius 3 is 2.95 bits per heavy atom. The van der Waals surface area contributed by atoms with Crippen molar-refractivity contribution in [3.05, 3.63) is 11.6 Å². The van der Waals surface area contributed by atoms with Crippen LogP contribution in [-0.4, -0.2) is 61.1 Å². The summed E-state index contributed by atoms with van der Waals surface area (Å²) in [6.07, 6.45) is 2.65. The molecule has 1 atom stereocenters. The highest BCUT2D eigenvalue weighted by Gasteiger charge is 2.29. The van der Waals surface area contributed by atoms with Crippen LogP contribution >= 0.6 is 11.6 Å². The molecule has 2 amide bonds. The Labute approximate surface area is 135 Å². The molecule has 2 rings (SSSR count). The maximum absolute atomic E-state index is 11.7. The molecule has 0 unspecified atom stereocenters. The number of H-pyrrole nitrogens is 1. The molecule has 22 heavy (non-hydrogen) atoms. The summed E-state index contributed by atoms with van der Waals surface area (Å²) in [7, 11) is 3.45. The van der Waals surface area contributed by atoms with Crippen molar-refractivity contribution in [1.29, 1.82) is 0 Å². The van der Waals surface area contributed by atoms with E-state index in [9.17, 15) is 4.79 Å². The molecular formula is C14H21ClN6O. The number of aromatic nitrogens is 2. The molecule has 120 valence electrons. The van der Waals surface area contributed by atoms with Crippen molar-refractivity contribution in [2.45, 2.75) is 19.4 Å². The zero-order chi connectivity index (χ0) is 16.3. The zero-order valence-corrected chi connectivity index (χ0v) is 13.8. The van der Waals surface area contributed by atoms with Crippen molar-refractivity contribution >= 4 is 41.0 Å². The summed E-state index contributed by atoms with van der Waals surface area (Å²) < 4.78 is 0. The van der Waals surface area contributed by atoms with E-state index in [-0.39, 0.29) is 12.1 Å². The van der Waals surface area contributed by atoms with Gasteiger partial charge in [0.15, 0.2) is 11.6 Å². The number of nitrogens with zero attached hydrogens (tertiary/aromatic N) is 4. The lowest BCUT2D eigenvalue weighted by Crippen LogP contribution is -2.42. The Balaban J connectivity index is 2.16. The minimum absolute atomic E-state index is 0.0870. The first kappa shape index (κ1) is 16.4. The van der Waals surface area contributed by atoms with Crippen molar-refractivity contribution in [3.63, 3.8) is 0 Å². The maximum Gasteiger partial charge on any atom is 0.317 e. The highest BCUT2D eigenvalue weighted by molar-refractivity contribution is 6.49. The Morgan fingerprint density at radius 2 is 2.36 bits per heavy atom. The van der Waals surface area contributed by atoms with Gasteiger partial charge in [-0.2, -0.15) is 5.10 Å². The monoisotopic (exact) mass is 324 g/mol. The average Bonchev–Trinajstić information content (AvgIpc) is 3.11. The molecule has 7 nitrogen and oxygen atoms in total. The van der Waals surface area contributed by atoms with Gasteiger partial charge in [-0.3, -0.25) is 5.10 Å². The Hall–Kier alpha value is -2.02. The number of urea groups is 1. The summed E-state index contributed by atoms with van der Waals surface area (Å²) in [5.74, 6) is 1.30. The number of aliphatic imine (C=N–C) groups is 1. The first-order valence-electron chi connectivity index (χ1n) is 7.08. The van der Waals surface area contributed by atoms with Crippen LogP contribution in [0.1, 0.15) is 18.9 Å². The number of aromatic amines is 1. The first-order valence-corrected chi connectivity index (χ1v) is 7.45. The number of anilines is 1. The van der Waals surface area contributed by atoms with Crippen molar-refractivity contribution in [3.8, 4) is 0 Å². The second-order valence-electron chi connectivity index (χ2n) is 5.34. The Bertz CT molecular complexity index is 594. The third-order valence-corrected chi connectivity index (χ3v) is 4.01. The van der Waals surface area contributed by atoms with Crippen LogP contribution in [0.25, 0.3) is 5.03 Å². The fraction of sp³-hybridized carbons (Fsp3) is 0.500. The number of allylic oxidation sites excluding steroid dienone is 1. The van der Waals surface area contributed by atoms with Gasteiger partial charge >= 0.3 is 6.03 Å². The Morgan fingerprint density at radius 1 is 1.64 bits per heavy atom. The van der Waals surface area contributed by atoms with Crippen molar-refractivity contribution in [1.82, 2.24) is 20.4 Å². The van der Waals surface area contributed by atoms with Crippen LogP contribution < -0.4 is 10.2 Å². The second kappa shape index (κ2) is 6.83. The van der Waals surface area contributed by atoms with E-state index in [0.717, 1.165) is 24.3 Å². The zero-order valence-electron chi connectivity index (χ0n) is 13.1. The molecule has 2 heterocycles. The number of halogens is 1. The van der Waals surface area contributed by atoms with Gasteiger partial charge < -0.3 is 15.1 Å². The predicted octanol–water partition coefficient (Wildman–Crippen LogP) is 2.19. The van der Waals surface area contributed by atoms with E-state index < -0.39 is 0 Å². The van der Waals surface area contributed by atoms with Gasteiger partial charge in [-0.05, 0) is 20.1 Å². The predicted molar refractivity (Wildman–Crippen MR) is 90.1 cm³/mol. The van der Waals surface area contributed by atoms with Crippen LogP contribution in [0.5, 0.6) is 0 Å². The molecule has 1 aromatic heterocycles. The fourth-order valence-electron chi connectivity index (χ4n) is 2.41. The molecule has 0 spiro atoms. The minimum atomic E-state index is -0.0889. The van der Waals surface area contributed by atoms with Crippen LogP contribution in [0.4, 0.5) is 16.4 Å². The van der Waals surface area contributed by atoms with Crippen molar-refractivity contribution in [2.75, 3.05) is 32.1 Å². The van der Waals surface area contributed by atoms with Crippen LogP contribution in [-0.2, 0) is 0 Å². The smallest absolute Gasteiger partial charge is 0.317 e. The van der Waals surface area contributed by atoms with E-state index in [0.29, 0.717) is 17.4 Å². The number of hydrogen-bond donors (Lipinski definition) is 2. The summed E-state index contributed by atoms with van der Waals surface area (Å²) in [6, 6.07) is -0.00185. The largest absolute Gasteiger partial charge is 0.352 e. The lowest BCUT2D eigenvalue weighted by atomic mass is 10.2. The highest BCUT2D eigenvalue weighted by atomic mass is 35.5. The van der Waals surface area contributed by atoms with Gasteiger partial charge in [-0.25, -0.2) is 9.79 Å². The third kappa shape index (κ3) is 3.24. The summed E-state index contributed by atoms with van der Waals surface area (Å²) in [6.45, 7) is 6.87. The van der Waals surface area contributed by atoms with Gasteiger partial charge in [0, 0.05) is 33.2 Å². The molecule has 0 bridgehead atoms.